The van der Waals surface area contributed by atoms with Crippen LogP contribution in [0.15, 0.2) is 18.5 Å². The highest BCUT2D eigenvalue weighted by Crippen LogP contribution is 2.27. The maximum Gasteiger partial charge on any atom is 0.313 e. The van der Waals surface area contributed by atoms with Crippen LogP contribution in [-0.4, -0.2) is 25.2 Å². The van der Waals surface area contributed by atoms with Gasteiger partial charge in [-0.2, -0.15) is 0 Å². The number of methoxy groups -OCH3 is 2. The van der Waals surface area contributed by atoms with E-state index in [-0.39, 0.29) is 17.8 Å². The van der Waals surface area contributed by atoms with E-state index in [1.165, 1.54) is 7.11 Å². The third kappa shape index (κ3) is 2.72. The van der Waals surface area contributed by atoms with Gasteiger partial charge in [-0.3, -0.25) is 9.78 Å². The van der Waals surface area contributed by atoms with Crippen LogP contribution in [0.25, 0.3) is 0 Å². The third-order valence-corrected chi connectivity index (χ3v) is 2.45. The molecule has 1 atom stereocenters. The summed E-state index contributed by atoms with van der Waals surface area (Å²) < 4.78 is 9.88. The zero-order valence-electron chi connectivity index (χ0n) is 10.1. The maximum atomic E-state index is 11.7. The van der Waals surface area contributed by atoms with Gasteiger partial charge in [0.2, 0.25) is 0 Å². The molecule has 0 radical (unpaired) electrons. The molecule has 0 aromatic carbocycles. The summed E-state index contributed by atoms with van der Waals surface area (Å²) >= 11 is 0. The number of hydrogen-bond acceptors (Lipinski definition) is 4. The van der Waals surface area contributed by atoms with E-state index in [9.17, 15) is 4.79 Å². The number of aromatic nitrogens is 1. The van der Waals surface area contributed by atoms with Crippen molar-refractivity contribution in [2.45, 2.75) is 19.8 Å². The van der Waals surface area contributed by atoms with E-state index in [0.29, 0.717) is 5.75 Å². The molecular weight excluding hydrogens is 206 g/mol. The van der Waals surface area contributed by atoms with E-state index in [1.807, 2.05) is 19.9 Å². The predicted octanol–water partition coefficient (Wildman–Crippen LogP) is 2.00. The molecule has 4 heteroatoms. The second-order valence-corrected chi connectivity index (χ2v) is 3.90. The highest BCUT2D eigenvalue weighted by Gasteiger charge is 2.25. The van der Waals surface area contributed by atoms with Crippen LogP contribution >= 0.6 is 0 Å². The number of nitrogens with zero attached hydrogens (tertiary/aromatic N) is 1. The van der Waals surface area contributed by atoms with Crippen molar-refractivity contribution in [2.75, 3.05) is 14.2 Å². The minimum Gasteiger partial charge on any atom is -0.495 e. The van der Waals surface area contributed by atoms with Gasteiger partial charge >= 0.3 is 5.97 Å². The molecule has 1 rings (SSSR count). The van der Waals surface area contributed by atoms with Crippen molar-refractivity contribution in [1.29, 1.82) is 0 Å². The molecule has 0 bridgehead atoms. The van der Waals surface area contributed by atoms with Gasteiger partial charge in [0.1, 0.15) is 5.75 Å². The standard InChI is InChI=1S/C12H17NO3/c1-8(2)11(12(14)16-4)9-5-10(15-3)7-13-6-9/h5-8,11H,1-4H3. The zero-order valence-corrected chi connectivity index (χ0v) is 10.1. The first-order chi connectivity index (χ1) is 7.60. The predicted molar refractivity (Wildman–Crippen MR) is 60.4 cm³/mol. The van der Waals surface area contributed by atoms with Crippen molar-refractivity contribution in [2.24, 2.45) is 5.92 Å². The molecule has 1 heterocycles. The summed E-state index contributed by atoms with van der Waals surface area (Å²) in [5.41, 5.74) is 0.821. The second-order valence-electron chi connectivity index (χ2n) is 3.90. The number of rotatable bonds is 4. The van der Waals surface area contributed by atoms with Crippen LogP contribution in [0.5, 0.6) is 5.75 Å². The Labute approximate surface area is 95.6 Å². The summed E-state index contributed by atoms with van der Waals surface area (Å²) in [6.45, 7) is 3.95. The smallest absolute Gasteiger partial charge is 0.313 e. The highest BCUT2D eigenvalue weighted by molar-refractivity contribution is 5.78. The summed E-state index contributed by atoms with van der Waals surface area (Å²) in [6.07, 6.45) is 3.28. The molecule has 1 unspecified atom stereocenters. The first kappa shape index (κ1) is 12.5. The number of hydrogen-bond donors (Lipinski definition) is 0. The minimum absolute atomic E-state index is 0.154. The van der Waals surface area contributed by atoms with Crippen molar-refractivity contribution in [3.05, 3.63) is 24.0 Å². The lowest BCUT2D eigenvalue weighted by Gasteiger charge is -2.18. The third-order valence-electron chi connectivity index (χ3n) is 2.45. The van der Waals surface area contributed by atoms with Crippen LogP contribution in [0, 0.1) is 5.92 Å². The summed E-state index contributed by atoms with van der Waals surface area (Å²) in [6, 6.07) is 1.81. The summed E-state index contributed by atoms with van der Waals surface area (Å²) in [7, 11) is 2.97. The van der Waals surface area contributed by atoms with Gasteiger partial charge in [0.15, 0.2) is 0 Å². The molecule has 0 aliphatic carbocycles. The number of carbonyl (C=O) groups excluding carboxylic acids is 1. The normalized spacial score (nSPS) is 12.3. The maximum absolute atomic E-state index is 11.7. The molecule has 1 aromatic rings. The fourth-order valence-electron chi connectivity index (χ4n) is 1.64. The molecule has 0 spiro atoms. The molecule has 1 aromatic heterocycles. The fourth-order valence-corrected chi connectivity index (χ4v) is 1.64. The molecule has 4 nitrogen and oxygen atoms in total. The second kappa shape index (κ2) is 5.49. The van der Waals surface area contributed by atoms with Gasteiger partial charge in [-0.15, -0.1) is 0 Å². The quantitative estimate of drug-likeness (QED) is 0.732. The molecule has 88 valence electrons. The van der Waals surface area contributed by atoms with Crippen LogP contribution < -0.4 is 4.74 Å². The Morgan fingerprint density at radius 1 is 1.31 bits per heavy atom. The van der Waals surface area contributed by atoms with Gasteiger partial charge in [0.25, 0.3) is 0 Å². The Hall–Kier alpha value is -1.58. The van der Waals surface area contributed by atoms with Crippen LogP contribution in [-0.2, 0) is 9.53 Å². The van der Waals surface area contributed by atoms with E-state index in [4.69, 9.17) is 9.47 Å². The molecule has 0 aliphatic rings. The lowest BCUT2D eigenvalue weighted by molar-refractivity contribution is -0.143. The first-order valence-corrected chi connectivity index (χ1v) is 5.17. The van der Waals surface area contributed by atoms with Gasteiger partial charge in [-0.05, 0) is 17.5 Å². The molecule has 0 saturated carbocycles. The Kier molecular flexibility index (Phi) is 4.28. The average Bonchev–Trinajstić information content (AvgIpc) is 2.29. The summed E-state index contributed by atoms with van der Waals surface area (Å²) in [5.74, 6) is 0.256. The van der Waals surface area contributed by atoms with Crippen molar-refractivity contribution >= 4 is 5.97 Å². The molecule has 0 fully saturated rings. The SMILES string of the molecule is COC(=O)C(c1cncc(OC)c1)C(C)C. The van der Waals surface area contributed by atoms with E-state index < -0.39 is 0 Å². The van der Waals surface area contributed by atoms with Crippen LogP contribution in [0.4, 0.5) is 0 Å². The van der Waals surface area contributed by atoms with Gasteiger partial charge in [-0.1, -0.05) is 13.8 Å². The number of pyridine rings is 1. The van der Waals surface area contributed by atoms with Gasteiger partial charge in [0.05, 0.1) is 26.3 Å². The molecule has 0 N–H and O–H groups in total. The fraction of sp³-hybridized carbons (Fsp3) is 0.500. The molecule has 16 heavy (non-hydrogen) atoms. The minimum atomic E-state index is -0.299. The van der Waals surface area contributed by atoms with Crippen LogP contribution in [0.1, 0.15) is 25.3 Å². The number of esters is 1. The first-order valence-electron chi connectivity index (χ1n) is 5.17. The molecule has 0 saturated heterocycles. The highest BCUT2D eigenvalue weighted by atomic mass is 16.5. The van der Waals surface area contributed by atoms with E-state index in [2.05, 4.69) is 4.98 Å². The van der Waals surface area contributed by atoms with Crippen LogP contribution in [0.3, 0.4) is 0 Å². The van der Waals surface area contributed by atoms with Crippen molar-refractivity contribution < 1.29 is 14.3 Å². The largest absolute Gasteiger partial charge is 0.495 e. The Morgan fingerprint density at radius 2 is 2.00 bits per heavy atom. The van der Waals surface area contributed by atoms with E-state index >= 15 is 0 Å². The number of carbonyl (C=O) groups is 1. The molecule has 0 aliphatic heterocycles. The van der Waals surface area contributed by atoms with Crippen molar-refractivity contribution in [3.8, 4) is 5.75 Å². The Balaban J connectivity index is 3.05. The van der Waals surface area contributed by atoms with E-state index in [1.54, 1.807) is 19.5 Å². The van der Waals surface area contributed by atoms with E-state index in [0.717, 1.165) is 5.56 Å². The van der Waals surface area contributed by atoms with Gasteiger partial charge in [-0.25, -0.2) is 0 Å². The van der Waals surface area contributed by atoms with Gasteiger partial charge in [0, 0.05) is 6.20 Å². The molecular formula is C12H17NO3. The van der Waals surface area contributed by atoms with Gasteiger partial charge < -0.3 is 9.47 Å². The Morgan fingerprint density at radius 3 is 2.50 bits per heavy atom. The lowest BCUT2D eigenvalue weighted by atomic mass is 9.89. The van der Waals surface area contributed by atoms with Crippen molar-refractivity contribution in [1.82, 2.24) is 4.98 Å². The Bertz CT molecular complexity index is 363. The molecule has 0 amide bonds. The topological polar surface area (TPSA) is 48.4 Å². The lowest BCUT2D eigenvalue weighted by Crippen LogP contribution is -2.19. The zero-order chi connectivity index (χ0) is 12.1. The van der Waals surface area contributed by atoms with Crippen molar-refractivity contribution in [3.63, 3.8) is 0 Å². The number of ether oxygens (including phenoxy) is 2. The van der Waals surface area contributed by atoms with Crippen LogP contribution in [0.2, 0.25) is 0 Å². The summed E-state index contributed by atoms with van der Waals surface area (Å²) in [5, 5.41) is 0. The summed E-state index contributed by atoms with van der Waals surface area (Å²) in [4.78, 5) is 15.7. The monoisotopic (exact) mass is 223 g/mol. The average molecular weight is 223 g/mol.